The van der Waals surface area contributed by atoms with Gasteiger partial charge in [-0.15, -0.1) is 0 Å². The van der Waals surface area contributed by atoms with Crippen LogP contribution in [0.5, 0.6) is 0 Å². The molecule has 18 heavy (non-hydrogen) atoms. The third-order valence-electron chi connectivity index (χ3n) is 3.20. The van der Waals surface area contributed by atoms with Crippen molar-refractivity contribution in [3.8, 4) is 0 Å². The highest BCUT2D eigenvalue weighted by molar-refractivity contribution is 5.79. The molecule has 0 radical (unpaired) electrons. The number of amides is 1. The summed E-state index contributed by atoms with van der Waals surface area (Å²) in [5.41, 5.74) is 1.43. The molecule has 2 N–H and O–H groups in total. The molecule has 5 nitrogen and oxygen atoms in total. The molecular weight excluding hydrogens is 228 g/mol. The van der Waals surface area contributed by atoms with E-state index in [4.69, 9.17) is 0 Å². The Morgan fingerprint density at radius 3 is 3.22 bits per heavy atom. The Morgan fingerprint density at radius 2 is 2.56 bits per heavy atom. The third kappa shape index (κ3) is 3.43. The number of carbonyl (C=O) groups excluding carboxylic acids is 1. The van der Waals surface area contributed by atoms with Crippen molar-refractivity contribution < 1.29 is 4.79 Å². The number of nitrogens with one attached hydrogen (secondary N) is 2. The molecule has 1 aliphatic rings. The molecule has 0 aromatic carbocycles. The number of hydrogen-bond acceptors (Lipinski definition) is 3. The first kappa shape index (κ1) is 12.8. The lowest BCUT2D eigenvalue weighted by Gasteiger charge is -2.16. The van der Waals surface area contributed by atoms with Gasteiger partial charge in [-0.1, -0.05) is 11.6 Å². The van der Waals surface area contributed by atoms with E-state index in [2.05, 4.69) is 21.8 Å². The summed E-state index contributed by atoms with van der Waals surface area (Å²) in [5, 5.41) is 10.3. The van der Waals surface area contributed by atoms with Crippen molar-refractivity contribution in [1.29, 1.82) is 0 Å². The van der Waals surface area contributed by atoms with Gasteiger partial charge in [-0.25, -0.2) is 0 Å². The summed E-state index contributed by atoms with van der Waals surface area (Å²) < 4.78 is 1.67. The molecular formula is C13H20N4O. The molecule has 1 amide bonds. The Balaban J connectivity index is 1.73. The van der Waals surface area contributed by atoms with Crippen molar-refractivity contribution in [2.45, 2.75) is 25.8 Å². The van der Waals surface area contributed by atoms with Gasteiger partial charge in [0.25, 0.3) is 0 Å². The van der Waals surface area contributed by atoms with Crippen LogP contribution in [0.1, 0.15) is 25.8 Å². The average molecular weight is 248 g/mol. The molecule has 2 rings (SSSR count). The van der Waals surface area contributed by atoms with E-state index in [0.29, 0.717) is 6.54 Å². The first-order valence-electron chi connectivity index (χ1n) is 6.43. The predicted octanol–water partition coefficient (Wildman–Crippen LogP) is 0.870. The van der Waals surface area contributed by atoms with E-state index in [1.54, 1.807) is 17.1 Å². The van der Waals surface area contributed by atoms with Crippen molar-refractivity contribution in [3.05, 3.63) is 30.1 Å². The molecule has 1 aromatic rings. The van der Waals surface area contributed by atoms with Crippen molar-refractivity contribution in [2.24, 2.45) is 0 Å². The van der Waals surface area contributed by atoms with Gasteiger partial charge in [0.15, 0.2) is 0 Å². The van der Waals surface area contributed by atoms with Crippen LogP contribution < -0.4 is 10.6 Å². The van der Waals surface area contributed by atoms with Gasteiger partial charge in [-0.2, -0.15) is 5.10 Å². The highest BCUT2D eigenvalue weighted by atomic mass is 16.2. The van der Waals surface area contributed by atoms with Crippen LogP contribution in [0.15, 0.2) is 30.1 Å². The Morgan fingerprint density at radius 1 is 1.67 bits per heavy atom. The fourth-order valence-electron chi connectivity index (χ4n) is 2.02. The Hall–Kier alpha value is -1.62. The van der Waals surface area contributed by atoms with Crippen LogP contribution in [0, 0.1) is 0 Å². The molecule has 5 heteroatoms. The van der Waals surface area contributed by atoms with E-state index >= 15 is 0 Å². The average Bonchev–Trinajstić information content (AvgIpc) is 2.93. The third-order valence-corrected chi connectivity index (χ3v) is 3.20. The van der Waals surface area contributed by atoms with Crippen molar-refractivity contribution in [3.63, 3.8) is 0 Å². The van der Waals surface area contributed by atoms with Gasteiger partial charge < -0.3 is 10.6 Å². The van der Waals surface area contributed by atoms with Crippen LogP contribution in [-0.4, -0.2) is 35.3 Å². The first-order chi connectivity index (χ1) is 8.77. The second-order valence-electron chi connectivity index (χ2n) is 4.52. The lowest BCUT2D eigenvalue weighted by atomic mass is 10.1. The van der Waals surface area contributed by atoms with Crippen LogP contribution in [0.4, 0.5) is 0 Å². The lowest BCUT2D eigenvalue weighted by Crippen LogP contribution is -2.32. The van der Waals surface area contributed by atoms with Gasteiger partial charge >= 0.3 is 0 Å². The van der Waals surface area contributed by atoms with Crippen LogP contribution in [0.25, 0.3) is 0 Å². The molecule has 0 bridgehead atoms. The normalized spacial score (nSPS) is 17.1. The fourth-order valence-corrected chi connectivity index (χ4v) is 2.02. The van der Waals surface area contributed by atoms with Gasteiger partial charge in [0, 0.05) is 25.5 Å². The highest BCUT2D eigenvalue weighted by Gasteiger charge is 2.14. The monoisotopic (exact) mass is 248 g/mol. The molecule has 98 valence electrons. The van der Waals surface area contributed by atoms with Gasteiger partial charge in [-0.3, -0.25) is 9.48 Å². The Bertz CT molecular complexity index is 411. The first-order valence-corrected chi connectivity index (χ1v) is 6.43. The molecule has 2 heterocycles. The summed E-state index contributed by atoms with van der Waals surface area (Å²) in [6.45, 7) is 4.55. The van der Waals surface area contributed by atoms with Crippen molar-refractivity contribution in [2.75, 3.05) is 19.6 Å². The summed E-state index contributed by atoms with van der Waals surface area (Å²) >= 11 is 0. The summed E-state index contributed by atoms with van der Waals surface area (Å²) in [6.07, 6.45) is 7.74. The minimum atomic E-state index is -0.248. The number of hydrogen-bond donors (Lipinski definition) is 2. The predicted molar refractivity (Wildman–Crippen MR) is 70.1 cm³/mol. The maximum absolute atomic E-state index is 11.9. The van der Waals surface area contributed by atoms with Crippen LogP contribution >= 0.6 is 0 Å². The second kappa shape index (κ2) is 6.35. The van der Waals surface area contributed by atoms with E-state index in [0.717, 1.165) is 25.9 Å². The van der Waals surface area contributed by atoms with E-state index in [1.165, 1.54) is 5.57 Å². The van der Waals surface area contributed by atoms with Gasteiger partial charge in [0.2, 0.25) is 5.91 Å². The number of nitrogens with zero attached hydrogens (tertiary/aromatic N) is 2. The number of carbonyl (C=O) groups is 1. The summed E-state index contributed by atoms with van der Waals surface area (Å²) in [5.74, 6) is 0.0215. The zero-order chi connectivity index (χ0) is 12.8. The fraction of sp³-hybridized carbons (Fsp3) is 0.538. The topological polar surface area (TPSA) is 59.0 Å². The minimum absolute atomic E-state index is 0.0215. The molecule has 1 unspecified atom stereocenters. The van der Waals surface area contributed by atoms with E-state index in [9.17, 15) is 4.79 Å². The molecule has 1 aliphatic heterocycles. The highest BCUT2D eigenvalue weighted by Crippen LogP contribution is 2.08. The van der Waals surface area contributed by atoms with Gasteiger partial charge in [-0.05, 0) is 32.4 Å². The zero-order valence-electron chi connectivity index (χ0n) is 10.7. The molecule has 0 saturated heterocycles. The van der Waals surface area contributed by atoms with Gasteiger partial charge in [0.1, 0.15) is 6.04 Å². The molecule has 0 aliphatic carbocycles. The van der Waals surface area contributed by atoms with Crippen LogP contribution in [0.2, 0.25) is 0 Å². The maximum atomic E-state index is 11.9. The van der Waals surface area contributed by atoms with Crippen LogP contribution in [0.3, 0.4) is 0 Å². The largest absolute Gasteiger partial charge is 0.354 e. The second-order valence-corrected chi connectivity index (χ2v) is 4.52. The number of aromatic nitrogens is 2. The summed E-state index contributed by atoms with van der Waals surface area (Å²) in [6, 6.07) is 1.57. The molecule has 1 atom stereocenters. The standard InChI is InChI=1S/C13H20N4O/c1-11(17-10-2-6-16-17)13(18)15-9-5-12-3-7-14-8-4-12/h2-3,6,10-11,14H,4-5,7-9H2,1H3,(H,15,18). The SMILES string of the molecule is CC(C(=O)NCCC1=CCNCC1)n1cccn1. The molecule has 0 fully saturated rings. The quantitative estimate of drug-likeness (QED) is 0.760. The van der Waals surface area contributed by atoms with E-state index in [-0.39, 0.29) is 11.9 Å². The summed E-state index contributed by atoms with van der Waals surface area (Å²) in [7, 11) is 0. The van der Waals surface area contributed by atoms with Crippen molar-refractivity contribution >= 4 is 5.91 Å². The van der Waals surface area contributed by atoms with E-state index < -0.39 is 0 Å². The van der Waals surface area contributed by atoms with E-state index in [1.807, 2.05) is 13.0 Å². The summed E-state index contributed by atoms with van der Waals surface area (Å²) in [4.78, 5) is 11.9. The maximum Gasteiger partial charge on any atom is 0.244 e. The number of rotatable bonds is 5. The minimum Gasteiger partial charge on any atom is -0.354 e. The zero-order valence-corrected chi connectivity index (χ0v) is 10.7. The van der Waals surface area contributed by atoms with Gasteiger partial charge in [0.05, 0.1) is 0 Å². The molecule has 0 spiro atoms. The Kier molecular flexibility index (Phi) is 4.52. The molecule has 0 saturated carbocycles. The lowest BCUT2D eigenvalue weighted by molar-refractivity contribution is -0.124. The van der Waals surface area contributed by atoms with Crippen LogP contribution in [-0.2, 0) is 4.79 Å². The molecule has 1 aromatic heterocycles. The van der Waals surface area contributed by atoms with Crippen molar-refractivity contribution in [1.82, 2.24) is 20.4 Å². The smallest absolute Gasteiger partial charge is 0.244 e. The Labute approximate surface area is 107 Å².